The van der Waals surface area contributed by atoms with Gasteiger partial charge in [-0.1, -0.05) is 6.07 Å². The largest absolute Gasteiger partial charge is 0.398 e. The van der Waals surface area contributed by atoms with Gasteiger partial charge in [-0.25, -0.2) is 0 Å². The summed E-state index contributed by atoms with van der Waals surface area (Å²) in [5, 5.41) is 2.88. The quantitative estimate of drug-likeness (QED) is 0.823. The Kier molecular flexibility index (Phi) is 3.49. The van der Waals surface area contributed by atoms with Crippen LogP contribution in [0.2, 0.25) is 0 Å². The normalized spacial score (nSPS) is 13.1. The lowest BCUT2D eigenvalue weighted by atomic mass is 10.1. The van der Waals surface area contributed by atoms with Gasteiger partial charge >= 0.3 is 0 Å². The number of halogens is 1. The number of amides is 1. The lowest BCUT2D eigenvalue weighted by Crippen LogP contribution is -2.12. The fraction of sp³-hybridized carbons (Fsp3) is 0.188. The van der Waals surface area contributed by atoms with E-state index in [1.165, 1.54) is 17.5 Å². The predicted molar refractivity (Wildman–Crippen MR) is 85.0 cm³/mol. The van der Waals surface area contributed by atoms with Gasteiger partial charge in [-0.3, -0.25) is 4.79 Å². The molecule has 2 aromatic rings. The fourth-order valence-corrected chi connectivity index (χ4v) is 2.78. The van der Waals surface area contributed by atoms with Gasteiger partial charge in [-0.05, 0) is 76.7 Å². The molecule has 0 saturated carbocycles. The third-order valence-corrected chi connectivity index (χ3v) is 4.34. The Bertz CT molecular complexity index is 682. The summed E-state index contributed by atoms with van der Waals surface area (Å²) in [7, 11) is 0. The highest BCUT2D eigenvalue weighted by atomic mass is 79.9. The Hall–Kier alpha value is -1.81. The number of nitrogens with one attached hydrogen (secondary N) is 1. The Morgan fingerprint density at radius 1 is 1.10 bits per heavy atom. The molecule has 1 amide bonds. The predicted octanol–water partition coefficient (Wildman–Crippen LogP) is 3.77. The first-order valence-electron chi connectivity index (χ1n) is 6.61. The van der Waals surface area contributed by atoms with Crippen molar-refractivity contribution in [1.82, 2.24) is 0 Å². The Balaban J connectivity index is 1.80. The van der Waals surface area contributed by atoms with Crippen LogP contribution in [0.5, 0.6) is 0 Å². The van der Waals surface area contributed by atoms with E-state index in [0.29, 0.717) is 16.9 Å². The molecule has 0 aromatic heterocycles. The van der Waals surface area contributed by atoms with E-state index in [1.807, 2.05) is 24.3 Å². The van der Waals surface area contributed by atoms with Gasteiger partial charge in [-0.2, -0.15) is 0 Å². The Labute approximate surface area is 126 Å². The number of nitrogens with two attached hydrogens (primary N) is 1. The summed E-state index contributed by atoms with van der Waals surface area (Å²) in [5.74, 6) is -0.0959. The summed E-state index contributed by atoms with van der Waals surface area (Å²) in [6.07, 6.45) is 3.38. The molecule has 0 atom stereocenters. The smallest absolute Gasteiger partial charge is 0.255 e. The number of carbonyl (C=O) groups excluding carboxylic acids is 1. The van der Waals surface area contributed by atoms with E-state index in [0.717, 1.165) is 17.3 Å². The van der Waals surface area contributed by atoms with Crippen molar-refractivity contribution in [3.63, 3.8) is 0 Å². The van der Waals surface area contributed by atoms with Gasteiger partial charge in [0, 0.05) is 21.4 Å². The zero-order valence-corrected chi connectivity index (χ0v) is 12.5. The summed E-state index contributed by atoms with van der Waals surface area (Å²) < 4.78 is 0.827. The highest BCUT2D eigenvalue weighted by Crippen LogP contribution is 2.25. The van der Waals surface area contributed by atoms with Crippen molar-refractivity contribution in [3.8, 4) is 0 Å². The lowest BCUT2D eigenvalue weighted by Gasteiger charge is -2.08. The minimum atomic E-state index is -0.0959. The van der Waals surface area contributed by atoms with Gasteiger partial charge in [-0.15, -0.1) is 0 Å². The van der Waals surface area contributed by atoms with Gasteiger partial charge in [0.1, 0.15) is 0 Å². The average Bonchev–Trinajstić information content (AvgIpc) is 2.90. The van der Waals surface area contributed by atoms with Crippen LogP contribution in [0.1, 0.15) is 27.9 Å². The maximum absolute atomic E-state index is 12.2. The van der Waals surface area contributed by atoms with Crippen LogP contribution in [0, 0.1) is 0 Å². The molecule has 0 radical (unpaired) electrons. The second-order valence-electron chi connectivity index (χ2n) is 5.03. The highest BCUT2D eigenvalue weighted by molar-refractivity contribution is 9.10. The maximum atomic E-state index is 12.2. The summed E-state index contributed by atoms with van der Waals surface area (Å²) in [4.78, 5) is 12.2. The van der Waals surface area contributed by atoms with E-state index in [-0.39, 0.29) is 5.91 Å². The molecule has 0 bridgehead atoms. The van der Waals surface area contributed by atoms with Crippen molar-refractivity contribution >= 4 is 33.2 Å². The van der Waals surface area contributed by atoms with Crippen LogP contribution in [-0.2, 0) is 12.8 Å². The SMILES string of the molecule is Nc1cc(NC(=O)c2ccc3c(c2)CCC3)ccc1Br. The number of hydrogen-bond donors (Lipinski definition) is 2. The second-order valence-corrected chi connectivity index (χ2v) is 5.88. The van der Waals surface area contributed by atoms with Crippen LogP contribution in [0.15, 0.2) is 40.9 Å². The summed E-state index contributed by atoms with van der Waals surface area (Å²) in [6.45, 7) is 0. The number of nitrogen functional groups attached to an aromatic ring is 1. The van der Waals surface area contributed by atoms with E-state index >= 15 is 0 Å². The van der Waals surface area contributed by atoms with Crippen molar-refractivity contribution in [2.24, 2.45) is 0 Å². The molecule has 3 N–H and O–H groups in total. The Morgan fingerprint density at radius 2 is 1.90 bits per heavy atom. The summed E-state index contributed by atoms with van der Waals surface area (Å²) in [6, 6.07) is 11.4. The standard InChI is InChI=1S/C16H15BrN2O/c17-14-7-6-13(9-15(14)18)19-16(20)12-5-4-10-2-1-3-11(10)8-12/h4-9H,1-3,18H2,(H,19,20). The Morgan fingerprint density at radius 3 is 2.70 bits per heavy atom. The molecule has 0 fully saturated rings. The number of carbonyl (C=O) groups is 1. The number of rotatable bonds is 2. The van der Waals surface area contributed by atoms with Crippen LogP contribution < -0.4 is 11.1 Å². The van der Waals surface area contributed by atoms with Gasteiger partial charge in [0.05, 0.1) is 0 Å². The van der Waals surface area contributed by atoms with Crippen molar-refractivity contribution in [2.45, 2.75) is 19.3 Å². The minimum absolute atomic E-state index is 0.0959. The zero-order valence-electron chi connectivity index (χ0n) is 10.9. The molecule has 3 rings (SSSR count). The molecule has 1 aliphatic carbocycles. The third kappa shape index (κ3) is 2.56. The van der Waals surface area contributed by atoms with Crippen LogP contribution in [0.3, 0.4) is 0 Å². The number of benzene rings is 2. The highest BCUT2D eigenvalue weighted by Gasteiger charge is 2.14. The zero-order chi connectivity index (χ0) is 14.1. The summed E-state index contributed by atoms with van der Waals surface area (Å²) in [5.41, 5.74) is 10.5. The monoisotopic (exact) mass is 330 g/mol. The average molecular weight is 331 g/mol. The minimum Gasteiger partial charge on any atom is -0.398 e. The molecule has 1 aliphatic rings. The molecule has 0 spiro atoms. The molecule has 0 unspecified atom stereocenters. The molecule has 3 nitrogen and oxygen atoms in total. The molecular formula is C16H15BrN2O. The first-order valence-corrected chi connectivity index (χ1v) is 7.41. The molecule has 0 aliphatic heterocycles. The van der Waals surface area contributed by atoms with Gasteiger partial charge in [0.2, 0.25) is 0 Å². The molecule has 2 aromatic carbocycles. The van der Waals surface area contributed by atoms with Crippen LogP contribution in [0.25, 0.3) is 0 Å². The van der Waals surface area contributed by atoms with Gasteiger partial charge < -0.3 is 11.1 Å². The molecule has 102 valence electrons. The number of hydrogen-bond acceptors (Lipinski definition) is 2. The number of anilines is 2. The van der Waals surface area contributed by atoms with E-state index in [9.17, 15) is 4.79 Å². The second kappa shape index (κ2) is 5.29. The third-order valence-electron chi connectivity index (χ3n) is 3.61. The first kappa shape index (κ1) is 13.2. The van der Waals surface area contributed by atoms with Gasteiger partial charge in [0.15, 0.2) is 0 Å². The van der Waals surface area contributed by atoms with Crippen molar-refractivity contribution in [3.05, 3.63) is 57.6 Å². The molecule has 0 heterocycles. The number of aryl methyl sites for hydroxylation is 2. The lowest BCUT2D eigenvalue weighted by molar-refractivity contribution is 0.102. The fourth-order valence-electron chi connectivity index (χ4n) is 2.54. The number of fused-ring (bicyclic) bond motifs is 1. The van der Waals surface area contributed by atoms with E-state index in [2.05, 4.69) is 27.3 Å². The molecule has 0 saturated heterocycles. The van der Waals surface area contributed by atoms with Crippen LogP contribution in [-0.4, -0.2) is 5.91 Å². The van der Waals surface area contributed by atoms with Gasteiger partial charge in [0.25, 0.3) is 5.91 Å². The molecule has 20 heavy (non-hydrogen) atoms. The van der Waals surface area contributed by atoms with Crippen LogP contribution in [0.4, 0.5) is 11.4 Å². The first-order chi connectivity index (χ1) is 9.63. The molecule has 4 heteroatoms. The topological polar surface area (TPSA) is 55.1 Å². The van der Waals surface area contributed by atoms with Crippen molar-refractivity contribution in [1.29, 1.82) is 0 Å². The van der Waals surface area contributed by atoms with Crippen molar-refractivity contribution < 1.29 is 4.79 Å². The van der Waals surface area contributed by atoms with Crippen LogP contribution >= 0.6 is 15.9 Å². The van der Waals surface area contributed by atoms with E-state index in [1.54, 1.807) is 6.07 Å². The molecular weight excluding hydrogens is 316 g/mol. The van der Waals surface area contributed by atoms with E-state index in [4.69, 9.17) is 5.73 Å². The maximum Gasteiger partial charge on any atom is 0.255 e. The van der Waals surface area contributed by atoms with Crippen molar-refractivity contribution in [2.75, 3.05) is 11.1 Å². The van der Waals surface area contributed by atoms with E-state index < -0.39 is 0 Å². The summed E-state index contributed by atoms with van der Waals surface area (Å²) >= 11 is 3.34.